The highest BCUT2D eigenvalue weighted by molar-refractivity contribution is 6.06. The maximum absolute atomic E-state index is 12.4. The van der Waals surface area contributed by atoms with Crippen LogP contribution >= 0.6 is 0 Å². The van der Waals surface area contributed by atoms with E-state index in [9.17, 15) is 4.79 Å². The minimum absolute atomic E-state index is 0.125. The average Bonchev–Trinajstić information content (AvgIpc) is 2.87. The molecule has 1 amide bonds. The Kier molecular flexibility index (Phi) is 2.44. The molecule has 0 unspecified atom stereocenters. The molecule has 0 spiro atoms. The van der Waals surface area contributed by atoms with Gasteiger partial charge < -0.3 is 9.88 Å². The fourth-order valence-corrected chi connectivity index (χ4v) is 2.27. The van der Waals surface area contributed by atoms with Gasteiger partial charge >= 0.3 is 0 Å². The lowest BCUT2D eigenvalue weighted by Gasteiger charge is -2.23. The largest absolute Gasteiger partial charge is 0.361 e. The number of hydrogen-bond acceptors (Lipinski definition) is 1. The molecule has 1 aliphatic heterocycles. The van der Waals surface area contributed by atoms with Gasteiger partial charge in [-0.2, -0.15) is 0 Å². The summed E-state index contributed by atoms with van der Waals surface area (Å²) in [6.07, 6.45) is 7.01. The van der Waals surface area contributed by atoms with E-state index in [1.165, 1.54) is 0 Å². The number of hydrogen-bond donors (Lipinski definition) is 1. The van der Waals surface area contributed by atoms with Gasteiger partial charge in [0.05, 0.1) is 0 Å². The molecule has 2 aromatic rings. The molecule has 0 radical (unpaired) electrons. The number of carbonyl (C=O) groups excluding carboxylic acids is 1. The summed E-state index contributed by atoms with van der Waals surface area (Å²) in [6, 6.07) is 7.77. The van der Waals surface area contributed by atoms with Crippen molar-refractivity contribution >= 4 is 16.8 Å². The van der Waals surface area contributed by atoms with Crippen LogP contribution in [-0.4, -0.2) is 28.9 Å². The van der Waals surface area contributed by atoms with Crippen LogP contribution in [0, 0.1) is 0 Å². The Balaban J connectivity index is 2.00. The minimum Gasteiger partial charge on any atom is -0.361 e. The number of benzene rings is 1. The molecule has 1 aromatic heterocycles. The van der Waals surface area contributed by atoms with Crippen LogP contribution in [0.1, 0.15) is 16.8 Å². The zero-order chi connectivity index (χ0) is 11.7. The van der Waals surface area contributed by atoms with Gasteiger partial charge in [0.2, 0.25) is 0 Å². The number of aromatic amines is 1. The normalized spacial score (nSPS) is 15.4. The van der Waals surface area contributed by atoms with Gasteiger partial charge in [0.25, 0.3) is 5.91 Å². The summed E-state index contributed by atoms with van der Waals surface area (Å²) in [5.41, 5.74) is 1.81. The zero-order valence-corrected chi connectivity index (χ0v) is 9.52. The van der Waals surface area contributed by atoms with Crippen molar-refractivity contribution in [3.05, 3.63) is 48.2 Å². The minimum atomic E-state index is 0.125. The summed E-state index contributed by atoms with van der Waals surface area (Å²) >= 11 is 0. The van der Waals surface area contributed by atoms with Crippen LogP contribution in [0.15, 0.2) is 42.6 Å². The van der Waals surface area contributed by atoms with Crippen molar-refractivity contribution < 1.29 is 4.79 Å². The second kappa shape index (κ2) is 4.09. The Morgan fingerprint density at radius 2 is 2.18 bits per heavy atom. The van der Waals surface area contributed by atoms with Gasteiger partial charge in [-0.15, -0.1) is 0 Å². The van der Waals surface area contributed by atoms with E-state index in [1.54, 1.807) is 0 Å². The van der Waals surface area contributed by atoms with Crippen LogP contribution in [0.5, 0.6) is 0 Å². The number of H-pyrrole nitrogens is 1. The molecule has 2 heterocycles. The van der Waals surface area contributed by atoms with Gasteiger partial charge in [0.15, 0.2) is 0 Å². The first kappa shape index (κ1) is 10.1. The smallest absolute Gasteiger partial charge is 0.254 e. The SMILES string of the molecule is O=C(c1cccc2[nH]ccc12)N1CC=CCC1. The van der Waals surface area contributed by atoms with Crippen molar-refractivity contribution in [3.63, 3.8) is 0 Å². The first-order chi connectivity index (χ1) is 8.36. The van der Waals surface area contributed by atoms with E-state index in [0.717, 1.165) is 36.0 Å². The maximum Gasteiger partial charge on any atom is 0.254 e. The number of nitrogens with one attached hydrogen (secondary N) is 1. The first-order valence-electron chi connectivity index (χ1n) is 5.86. The monoisotopic (exact) mass is 226 g/mol. The fourth-order valence-electron chi connectivity index (χ4n) is 2.27. The number of carbonyl (C=O) groups is 1. The van der Waals surface area contributed by atoms with Gasteiger partial charge in [-0.05, 0) is 24.6 Å². The Morgan fingerprint density at radius 1 is 1.24 bits per heavy atom. The van der Waals surface area contributed by atoms with Crippen molar-refractivity contribution in [2.75, 3.05) is 13.1 Å². The molecule has 1 N–H and O–H groups in total. The molecule has 3 rings (SSSR count). The molecule has 1 aromatic carbocycles. The van der Waals surface area contributed by atoms with E-state index in [4.69, 9.17) is 0 Å². The van der Waals surface area contributed by atoms with Crippen LogP contribution in [-0.2, 0) is 0 Å². The molecule has 86 valence electrons. The molecule has 0 bridgehead atoms. The third-order valence-electron chi connectivity index (χ3n) is 3.17. The van der Waals surface area contributed by atoms with E-state index in [2.05, 4.69) is 17.1 Å². The van der Waals surface area contributed by atoms with E-state index < -0.39 is 0 Å². The molecule has 0 fully saturated rings. The molecule has 0 atom stereocenters. The predicted molar refractivity (Wildman–Crippen MR) is 68.0 cm³/mol. The predicted octanol–water partition coefficient (Wildman–Crippen LogP) is 2.57. The molecule has 0 saturated heterocycles. The summed E-state index contributed by atoms with van der Waals surface area (Å²) in [4.78, 5) is 17.4. The Bertz CT molecular complexity index is 583. The quantitative estimate of drug-likeness (QED) is 0.745. The highest BCUT2D eigenvalue weighted by atomic mass is 16.2. The number of nitrogens with zero attached hydrogens (tertiary/aromatic N) is 1. The summed E-state index contributed by atoms with van der Waals surface area (Å²) in [6.45, 7) is 1.54. The van der Waals surface area contributed by atoms with Gasteiger partial charge in [-0.1, -0.05) is 18.2 Å². The highest BCUT2D eigenvalue weighted by Gasteiger charge is 2.17. The van der Waals surface area contributed by atoms with E-state index in [1.807, 2.05) is 35.4 Å². The summed E-state index contributed by atoms with van der Waals surface area (Å²) in [5, 5.41) is 1.01. The number of fused-ring (bicyclic) bond motifs is 1. The lowest BCUT2D eigenvalue weighted by molar-refractivity contribution is 0.0773. The number of aromatic nitrogens is 1. The Morgan fingerprint density at radius 3 is 3.00 bits per heavy atom. The Labute approximate surface area is 99.7 Å². The summed E-state index contributed by atoms with van der Waals surface area (Å²) in [5.74, 6) is 0.125. The molecule has 0 aliphatic carbocycles. The van der Waals surface area contributed by atoms with E-state index in [0.29, 0.717) is 0 Å². The van der Waals surface area contributed by atoms with Gasteiger partial charge in [-0.25, -0.2) is 0 Å². The second-order valence-electron chi connectivity index (χ2n) is 4.26. The van der Waals surface area contributed by atoms with Crippen LogP contribution in [0.2, 0.25) is 0 Å². The van der Waals surface area contributed by atoms with Crippen LogP contribution in [0.4, 0.5) is 0 Å². The van der Waals surface area contributed by atoms with Crippen molar-refractivity contribution in [1.82, 2.24) is 9.88 Å². The molecule has 3 nitrogen and oxygen atoms in total. The molecule has 3 heteroatoms. The third kappa shape index (κ3) is 1.73. The lowest BCUT2D eigenvalue weighted by atomic mass is 10.1. The topological polar surface area (TPSA) is 36.1 Å². The van der Waals surface area contributed by atoms with Crippen molar-refractivity contribution in [2.45, 2.75) is 6.42 Å². The van der Waals surface area contributed by atoms with Crippen molar-refractivity contribution in [3.8, 4) is 0 Å². The fraction of sp³-hybridized carbons (Fsp3) is 0.214. The second-order valence-corrected chi connectivity index (χ2v) is 4.26. The molecular weight excluding hydrogens is 212 g/mol. The van der Waals surface area contributed by atoms with Crippen LogP contribution in [0.25, 0.3) is 10.9 Å². The summed E-state index contributed by atoms with van der Waals surface area (Å²) in [7, 11) is 0. The van der Waals surface area contributed by atoms with E-state index in [-0.39, 0.29) is 5.91 Å². The van der Waals surface area contributed by atoms with Crippen LogP contribution in [0.3, 0.4) is 0 Å². The van der Waals surface area contributed by atoms with Gasteiger partial charge in [0.1, 0.15) is 0 Å². The van der Waals surface area contributed by atoms with Gasteiger partial charge in [-0.3, -0.25) is 4.79 Å². The first-order valence-corrected chi connectivity index (χ1v) is 5.86. The number of rotatable bonds is 1. The van der Waals surface area contributed by atoms with Crippen molar-refractivity contribution in [1.29, 1.82) is 0 Å². The molecule has 0 saturated carbocycles. The summed E-state index contributed by atoms with van der Waals surface area (Å²) < 4.78 is 0. The Hall–Kier alpha value is -2.03. The van der Waals surface area contributed by atoms with E-state index >= 15 is 0 Å². The standard InChI is InChI=1S/C14H14N2O/c17-14(16-9-2-1-3-10-16)12-5-4-6-13-11(12)7-8-15-13/h1-2,4-8,15H,3,9-10H2. The maximum atomic E-state index is 12.4. The third-order valence-corrected chi connectivity index (χ3v) is 3.17. The molecule has 17 heavy (non-hydrogen) atoms. The van der Waals surface area contributed by atoms with Crippen molar-refractivity contribution in [2.24, 2.45) is 0 Å². The lowest BCUT2D eigenvalue weighted by Crippen LogP contribution is -2.33. The number of amides is 1. The van der Waals surface area contributed by atoms with Gasteiger partial charge in [0, 0.05) is 35.8 Å². The van der Waals surface area contributed by atoms with Crippen LogP contribution < -0.4 is 0 Å². The average molecular weight is 226 g/mol. The zero-order valence-electron chi connectivity index (χ0n) is 9.52. The molecule has 1 aliphatic rings. The molecular formula is C14H14N2O. The highest BCUT2D eigenvalue weighted by Crippen LogP contribution is 2.19.